The Morgan fingerprint density at radius 1 is 1.03 bits per heavy atom. The van der Waals surface area contributed by atoms with Gasteiger partial charge in [0.2, 0.25) is 0 Å². The quantitative estimate of drug-likeness (QED) is 0.585. The number of benzene rings is 3. The van der Waals surface area contributed by atoms with Gasteiger partial charge in [-0.05, 0) is 54.6 Å². The Kier molecular flexibility index (Phi) is 6.64. The number of hydrogen-bond acceptors (Lipinski definition) is 4. The van der Waals surface area contributed by atoms with Crippen LogP contribution in [0.2, 0.25) is 5.02 Å². The van der Waals surface area contributed by atoms with E-state index in [0.717, 1.165) is 5.56 Å². The van der Waals surface area contributed by atoms with Crippen LogP contribution in [0.25, 0.3) is 0 Å². The third kappa shape index (κ3) is 5.11. The van der Waals surface area contributed by atoms with Crippen molar-refractivity contribution in [2.45, 2.75) is 11.4 Å². The zero-order valence-corrected chi connectivity index (χ0v) is 18.1. The first-order chi connectivity index (χ1) is 14.3. The largest absolute Gasteiger partial charge is 0.496 e. The summed E-state index contributed by atoms with van der Waals surface area (Å²) in [6.07, 6.45) is 0. The summed E-state index contributed by atoms with van der Waals surface area (Å²) in [5, 5.41) is 0.557. The van der Waals surface area contributed by atoms with Crippen LogP contribution in [0.4, 0.5) is 5.69 Å². The highest BCUT2D eigenvalue weighted by Crippen LogP contribution is 2.24. The number of halogens is 1. The van der Waals surface area contributed by atoms with Crippen LogP contribution in [-0.2, 0) is 16.6 Å². The summed E-state index contributed by atoms with van der Waals surface area (Å²) < 4.78 is 32.7. The first-order valence-electron chi connectivity index (χ1n) is 9.06. The Balaban J connectivity index is 1.71. The Hall–Kier alpha value is -3.03. The fourth-order valence-corrected chi connectivity index (χ4v) is 4.19. The van der Waals surface area contributed by atoms with E-state index >= 15 is 0 Å². The number of nitrogens with zero attached hydrogens (tertiary/aromatic N) is 1. The molecule has 0 aromatic heterocycles. The van der Waals surface area contributed by atoms with Crippen molar-refractivity contribution in [2.75, 3.05) is 18.9 Å². The fourth-order valence-electron chi connectivity index (χ4n) is 2.91. The van der Waals surface area contributed by atoms with E-state index < -0.39 is 10.0 Å². The molecule has 0 spiro atoms. The van der Waals surface area contributed by atoms with Crippen LogP contribution in [0.3, 0.4) is 0 Å². The van der Waals surface area contributed by atoms with Crippen molar-refractivity contribution in [1.82, 2.24) is 4.90 Å². The number of amides is 1. The van der Waals surface area contributed by atoms with Gasteiger partial charge in [-0.1, -0.05) is 29.8 Å². The molecule has 6 nitrogen and oxygen atoms in total. The number of ether oxygens (including phenoxy) is 1. The number of anilines is 1. The molecule has 3 aromatic carbocycles. The van der Waals surface area contributed by atoms with Crippen molar-refractivity contribution < 1.29 is 17.9 Å². The van der Waals surface area contributed by atoms with Gasteiger partial charge in [0.25, 0.3) is 15.9 Å². The summed E-state index contributed by atoms with van der Waals surface area (Å²) in [5.74, 6) is 0.430. The summed E-state index contributed by atoms with van der Waals surface area (Å²) in [4.78, 5) is 14.5. The molecule has 0 aliphatic heterocycles. The summed E-state index contributed by atoms with van der Waals surface area (Å²) in [7, 11) is -0.452. The lowest BCUT2D eigenvalue weighted by molar-refractivity contribution is 0.0784. The van der Waals surface area contributed by atoms with E-state index in [2.05, 4.69) is 4.72 Å². The van der Waals surface area contributed by atoms with Gasteiger partial charge in [-0.15, -0.1) is 0 Å². The maximum atomic E-state index is 12.8. The smallest absolute Gasteiger partial charge is 0.261 e. The van der Waals surface area contributed by atoms with Crippen molar-refractivity contribution in [3.63, 3.8) is 0 Å². The maximum absolute atomic E-state index is 12.8. The van der Waals surface area contributed by atoms with Gasteiger partial charge in [0.05, 0.1) is 12.0 Å². The molecule has 0 saturated carbocycles. The molecule has 1 amide bonds. The topological polar surface area (TPSA) is 75.7 Å². The van der Waals surface area contributed by atoms with Gasteiger partial charge in [0.15, 0.2) is 0 Å². The first-order valence-corrected chi connectivity index (χ1v) is 10.9. The van der Waals surface area contributed by atoms with Crippen LogP contribution in [0.15, 0.2) is 77.7 Å². The average molecular weight is 445 g/mol. The minimum atomic E-state index is -3.69. The normalized spacial score (nSPS) is 11.0. The van der Waals surface area contributed by atoms with E-state index in [-0.39, 0.29) is 10.8 Å². The number of hydrogen-bond donors (Lipinski definition) is 1. The molecule has 0 aliphatic carbocycles. The Morgan fingerprint density at radius 3 is 2.33 bits per heavy atom. The molecule has 0 aliphatic rings. The number of nitrogens with one attached hydrogen (secondary N) is 1. The van der Waals surface area contributed by atoms with E-state index in [1.54, 1.807) is 74.8 Å². The number of sulfonamides is 1. The highest BCUT2D eigenvalue weighted by atomic mass is 35.5. The molecule has 3 aromatic rings. The monoisotopic (exact) mass is 444 g/mol. The van der Waals surface area contributed by atoms with Crippen molar-refractivity contribution in [3.05, 3.63) is 88.9 Å². The average Bonchev–Trinajstić information content (AvgIpc) is 2.74. The third-order valence-electron chi connectivity index (χ3n) is 4.43. The highest BCUT2D eigenvalue weighted by molar-refractivity contribution is 7.92. The predicted octanol–water partition coefficient (Wildman–Crippen LogP) is 4.42. The zero-order chi connectivity index (χ0) is 21.7. The number of carbonyl (C=O) groups is 1. The first kappa shape index (κ1) is 21.7. The summed E-state index contributed by atoms with van der Waals surface area (Å²) in [6, 6.07) is 19.6. The molecular formula is C22H21ClN2O4S. The number of rotatable bonds is 7. The second-order valence-corrected chi connectivity index (χ2v) is 8.73. The highest BCUT2D eigenvalue weighted by Gasteiger charge is 2.16. The molecule has 30 heavy (non-hydrogen) atoms. The number of carbonyl (C=O) groups excluding carboxylic acids is 1. The molecule has 0 bridgehead atoms. The molecular weight excluding hydrogens is 424 g/mol. The van der Waals surface area contributed by atoms with E-state index in [1.165, 1.54) is 17.0 Å². The molecule has 3 rings (SSSR count). The third-order valence-corrected chi connectivity index (χ3v) is 6.07. The van der Waals surface area contributed by atoms with Gasteiger partial charge in [0.1, 0.15) is 5.75 Å². The maximum Gasteiger partial charge on any atom is 0.261 e. The van der Waals surface area contributed by atoms with Crippen molar-refractivity contribution in [1.29, 1.82) is 0 Å². The molecule has 0 saturated heterocycles. The lowest BCUT2D eigenvalue weighted by atomic mass is 10.1. The van der Waals surface area contributed by atoms with Crippen LogP contribution >= 0.6 is 11.6 Å². The molecule has 0 unspecified atom stereocenters. The minimum absolute atomic E-state index is 0.167. The SMILES string of the molecule is COc1ccc(Cl)cc1CN(C)C(=O)c1ccc(NS(=O)(=O)c2ccccc2)cc1. The summed E-state index contributed by atoms with van der Waals surface area (Å²) in [5.41, 5.74) is 1.59. The van der Waals surface area contributed by atoms with E-state index in [4.69, 9.17) is 16.3 Å². The Labute approximate surface area is 181 Å². The molecule has 0 atom stereocenters. The Morgan fingerprint density at radius 2 is 1.70 bits per heavy atom. The van der Waals surface area contributed by atoms with Crippen LogP contribution in [0, 0.1) is 0 Å². The van der Waals surface area contributed by atoms with Gasteiger partial charge >= 0.3 is 0 Å². The van der Waals surface area contributed by atoms with Crippen LogP contribution in [0.1, 0.15) is 15.9 Å². The minimum Gasteiger partial charge on any atom is -0.496 e. The zero-order valence-electron chi connectivity index (χ0n) is 16.5. The summed E-state index contributed by atoms with van der Waals surface area (Å²) in [6.45, 7) is 0.310. The molecule has 1 N–H and O–H groups in total. The molecule has 8 heteroatoms. The second-order valence-electron chi connectivity index (χ2n) is 6.61. The predicted molar refractivity (Wildman–Crippen MR) is 117 cm³/mol. The molecule has 0 radical (unpaired) electrons. The second kappa shape index (κ2) is 9.19. The van der Waals surface area contributed by atoms with Crippen LogP contribution in [0.5, 0.6) is 5.75 Å². The van der Waals surface area contributed by atoms with Crippen LogP contribution in [-0.4, -0.2) is 33.4 Å². The standard InChI is InChI=1S/C22H21ClN2O4S/c1-25(15-17-14-18(23)10-13-21(17)29-2)22(26)16-8-11-19(12-9-16)24-30(27,28)20-6-4-3-5-7-20/h3-14,24H,15H2,1-2H3. The Bertz CT molecular complexity index is 1130. The van der Waals surface area contributed by atoms with Crippen molar-refractivity contribution >= 4 is 33.2 Å². The molecule has 0 fully saturated rings. The lowest BCUT2D eigenvalue weighted by Crippen LogP contribution is -2.26. The van der Waals surface area contributed by atoms with Crippen molar-refractivity contribution in [2.24, 2.45) is 0 Å². The van der Waals surface area contributed by atoms with Crippen molar-refractivity contribution in [3.8, 4) is 5.75 Å². The molecule has 156 valence electrons. The van der Waals surface area contributed by atoms with Gasteiger partial charge < -0.3 is 9.64 Å². The van der Waals surface area contributed by atoms with E-state index in [0.29, 0.717) is 28.6 Å². The van der Waals surface area contributed by atoms with Gasteiger partial charge in [-0.2, -0.15) is 0 Å². The van der Waals surface area contributed by atoms with Crippen LogP contribution < -0.4 is 9.46 Å². The van der Waals surface area contributed by atoms with E-state index in [9.17, 15) is 13.2 Å². The van der Waals surface area contributed by atoms with Gasteiger partial charge in [-0.25, -0.2) is 8.42 Å². The van der Waals surface area contributed by atoms with Gasteiger partial charge in [-0.3, -0.25) is 9.52 Å². The van der Waals surface area contributed by atoms with E-state index in [1.807, 2.05) is 0 Å². The molecule has 0 heterocycles. The lowest BCUT2D eigenvalue weighted by Gasteiger charge is -2.19. The fraction of sp³-hybridized carbons (Fsp3) is 0.136. The van der Waals surface area contributed by atoms with Gasteiger partial charge in [0, 0.05) is 35.4 Å². The number of methoxy groups -OCH3 is 1. The summed E-state index contributed by atoms with van der Waals surface area (Å²) >= 11 is 6.05.